The molecule has 0 saturated heterocycles. The monoisotopic (exact) mass is 959 g/mol. The van der Waals surface area contributed by atoms with Crippen molar-refractivity contribution >= 4 is 17.9 Å². The lowest BCUT2D eigenvalue weighted by Gasteiger charge is -2.18. The summed E-state index contributed by atoms with van der Waals surface area (Å²) in [6, 6.07) is 0. The van der Waals surface area contributed by atoms with E-state index in [2.05, 4.69) is 118 Å². The zero-order chi connectivity index (χ0) is 50.0. The second-order valence-corrected chi connectivity index (χ2v) is 18.8. The van der Waals surface area contributed by atoms with E-state index >= 15 is 0 Å². The lowest BCUT2D eigenvalue weighted by atomic mass is 10.1. The lowest BCUT2D eigenvalue weighted by Crippen LogP contribution is -2.30. The molecule has 0 aliphatic carbocycles. The van der Waals surface area contributed by atoms with Crippen LogP contribution in [-0.4, -0.2) is 37.2 Å². The normalized spacial score (nSPS) is 12.8. The standard InChI is InChI=1S/C63H106O6/c1-4-7-10-13-16-19-22-24-26-28-30-31-32-33-34-36-37-39-41-44-47-50-53-56-62(65)68-59-60(58-67-61(64)55-52-49-46-43-21-18-15-12-9-6-3)69-63(66)57-54-51-48-45-42-40-38-35-29-27-25-23-20-17-14-11-8-5-2/h7,10,12,15-16,19,24,26-27,29-31,33-34,37,39,60H,4-6,8-9,11,13-14,17-18,20-23,25,28,32,35-36,38,40-59H2,1-3H3/b10-7-,15-12-,19-16-,26-24-,29-27-,31-30-,34-33-,39-37-. The van der Waals surface area contributed by atoms with Crippen molar-refractivity contribution in [3.8, 4) is 0 Å². The Morgan fingerprint density at radius 2 is 0.594 bits per heavy atom. The summed E-state index contributed by atoms with van der Waals surface area (Å²) in [5.41, 5.74) is 0. The van der Waals surface area contributed by atoms with Crippen LogP contribution < -0.4 is 0 Å². The van der Waals surface area contributed by atoms with E-state index in [1.54, 1.807) is 0 Å². The quantitative estimate of drug-likeness (QED) is 0.0262. The van der Waals surface area contributed by atoms with Gasteiger partial charge in [0.15, 0.2) is 6.10 Å². The van der Waals surface area contributed by atoms with Gasteiger partial charge in [-0.1, -0.05) is 227 Å². The molecule has 0 heterocycles. The van der Waals surface area contributed by atoms with E-state index in [-0.39, 0.29) is 31.1 Å². The molecule has 69 heavy (non-hydrogen) atoms. The third-order valence-corrected chi connectivity index (χ3v) is 12.0. The van der Waals surface area contributed by atoms with Crippen molar-refractivity contribution in [1.29, 1.82) is 0 Å². The van der Waals surface area contributed by atoms with Gasteiger partial charge in [0.05, 0.1) is 0 Å². The first kappa shape index (κ1) is 65.3. The van der Waals surface area contributed by atoms with Crippen LogP contribution in [-0.2, 0) is 28.6 Å². The molecule has 0 fully saturated rings. The summed E-state index contributed by atoms with van der Waals surface area (Å²) in [5.74, 6) is -0.931. The van der Waals surface area contributed by atoms with Crippen molar-refractivity contribution < 1.29 is 28.6 Å². The predicted octanol–water partition coefficient (Wildman–Crippen LogP) is 19.3. The van der Waals surface area contributed by atoms with Crippen LogP contribution in [0, 0.1) is 0 Å². The maximum atomic E-state index is 12.8. The summed E-state index contributed by atoms with van der Waals surface area (Å²) in [4.78, 5) is 38.1. The minimum Gasteiger partial charge on any atom is -0.462 e. The Morgan fingerprint density at radius 3 is 0.957 bits per heavy atom. The topological polar surface area (TPSA) is 78.9 Å². The fourth-order valence-electron chi connectivity index (χ4n) is 7.74. The van der Waals surface area contributed by atoms with Crippen LogP contribution in [0.3, 0.4) is 0 Å². The lowest BCUT2D eigenvalue weighted by molar-refractivity contribution is -0.167. The molecular weight excluding hydrogens is 853 g/mol. The number of esters is 3. The van der Waals surface area contributed by atoms with Crippen LogP contribution in [0.5, 0.6) is 0 Å². The highest BCUT2D eigenvalue weighted by Gasteiger charge is 2.19. The molecule has 394 valence electrons. The first-order valence-corrected chi connectivity index (χ1v) is 28.7. The number of rotatable bonds is 51. The van der Waals surface area contributed by atoms with Crippen LogP contribution >= 0.6 is 0 Å². The van der Waals surface area contributed by atoms with Crippen molar-refractivity contribution in [1.82, 2.24) is 0 Å². The number of carbonyl (C=O) groups is 3. The molecule has 6 heteroatoms. The van der Waals surface area contributed by atoms with E-state index in [0.717, 1.165) is 128 Å². The first-order valence-electron chi connectivity index (χ1n) is 28.7. The fourth-order valence-corrected chi connectivity index (χ4v) is 7.74. The van der Waals surface area contributed by atoms with Crippen LogP contribution in [0.25, 0.3) is 0 Å². The van der Waals surface area contributed by atoms with E-state index in [1.165, 1.54) is 96.3 Å². The van der Waals surface area contributed by atoms with Crippen molar-refractivity contribution in [3.05, 3.63) is 97.2 Å². The van der Waals surface area contributed by atoms with E-state index in [4.69, 9.17) is 14.2 Å². The van der Waals surface area contributed by atoms with Crippen LogP contribution in [0.1, 0.15) is 265 Å². The maximum Gasteiger partial charge on any atom is 0.306 e. The molecule has 0 bridgehead atoms. The summed E-state index contributed by atoms with van der Waals surface area (Å²) in [6.07, 6.45) is 75.4. The largest absolute Gasteiger partial charge is 0.462 e. The molecule has 0 N–H and O–H groups in total. The van der Waals surface area contributed by atoms with E-state index in [1.807, 2.05) is 0 Å². The molecule has 0 amide bonds. The minimum absolute atomic E-state index is 0.0924. The molecule has 0 spiro atoms. The van der Waals surface area contributed by atoms with Gasteiger partial charge in [0.1, 0.15) is 13.2 Å². The molecule has 0 aromatic rings. The maximum absolute atomic E-state index is 12.8. The third kappa shape index (κ3) is 55.1. The molecule has 0 rings (SSSR count). The summed E-state index contributed by atoms with van der Waals surface area (Å²) in [6.45, 7) is 6.43. The Morgan fingerprint density at radius 1 is 0.304 bits per heavy atom. The molecule has 0 aromatic heterocycles. The zero-order valence-electron chi connectivity index (χ0n) is 45.0. The molecule has 1 unspecified atom stereocenters. The van der Waals surface area contributed by atoms with E-state index in [0.29, 0.717) is 19.3 Å². The molecule has 6 nitrogen and oxygen atoms in total. The number of ether oxygens (including phenoxy) is 3. The summed E-state index contributed by atoms with van der Waals surface area (Å²) in [5, 5.41) is 0. The van der Waals surface area contributed by atoms with Gasteiger partial charge in [0, 0.05) is 19.3 Å². The van der Waals surface area contributed by atoms with Gasteiger partial charge in [-0.15, -0.1) is 0 Å². The number of hydrogen-bond acceptors (Lipinski definition) is 6. The number of hydrogen-bond donors (Lipinski definition) is 0. The van der Waals surface area contributed by atoms with Crippen molar-refractivity contribution in [2.45, 2.75) is 271 Å². The van der Waals surface area contributed by atoms with Gasteiger partial charge in [0.2, 0.25) is 0 Å². The second-order valence-electron chi connectivity index (χ2n) is 18.8. The van der Waals surface area contributed by atoms with Gasteiger partial charge in [0.25, 0.3) is 0 Å². The molecular formula is C63H106O6. The number of carbonyl (C=O) groups excluding carboxylic acids is 3. The third-order valence-electron chi connectivity index (χ3n) is 12.0. The number of unbranched alkanes of at least 4 members (excludes halogenated alkanes) is 24. The van der Waals surface area contributed by atoms with Gasteiger partial charge in [-0.25, -0.2) is 0 Å². The molecule has 0 radical (unpaired) electrons. The number of allylic oxidation sites excluding steroid dienone is 16. The van der Waals surface area contributed by atoms with Crippen molar-refractivity contribution in [2.24, 2.45) is 0 Å². The van der Waals surface area contributed by atoms with Gasteiger partial charge in [-0.05, 0) is 116 Å². The van der Waals surface area contributed by atoms with Gasteiger partial charge in [-0.3, -0.25) is 14.4 Å². The molecule has 0 aliphatic rings. The second kappa shape index (κ2) is 56.9. The average Bonchev–Trinajstić information content (AvgIpc) is 3.35. The zero-order valence-corrected chi connectivity index (χ0v) is 45.0. The Bertz CT molecular complexity index is 1380. The molecule has 0 aromatic carbocycles. The van der Waals surface area contributed by atoms with Crippen LogP contribution in [0.4, 0.5) is 0 Å². The highest BCUT2D eigenvalue weighted by molar-refractivity contribution is 5.71. The van der Waals surface area contributed by atoms with Crippen molar-refractivity contribution in [2.75, 3.05) is 13.2 Å². The van der Waals surface area contributed by atoms with E-state index < -0.39 is 6.10 Å². The van der Waals surface area contributed by atoms with Gasteiger partial charge < -0.3 is 14.2 Å². The minimum atomic E-state index is -0.794. The smallest absolute Gasteiger partial charge is 0.306 e. The summed E-state index contributed by atoms with van der Waals surface area (Å²) in [7, 11) is 0. The molecule has 0 saturated carbocycles. The summed E-state index contributed by atoms with van der Waals surface area (Å²) >= 11 is 0. The van der Waals surface area contributed by atoms with Gasteiger partial charge in [-0.2, -0.15) is 0 Å². The summed E-state index contributed by atoms with van der Waals surface area (Å²) < 4.78 is 16.8. The Labute approximate surface area is 426 Å². The highest BCUT2D eigenvalue weighted by atomic mass is 16.6. The van der Waals surface area contributed by atoms with Crippen LogP contribution in [0.15, 0.2) is 97.2 Å². The van der Waals surface area contributed by atoms with Crippen LogP contribution in [0.2, 0.25) is 0 Å². The fraction of sp³-hybridized carbons (Fsp3) is 0.698. The first-order chi connectivity index (χ1) is 34.0. The van der Waals surface area contributed by atoms with Gasteiger partial charge >= 0.3 is 17.9 Å². The SMILES string of the molecule is CC/C=C\C/C=C\C/C=C\C/C=C\C/C=C\C/C=C\CCCCCCC(=O)OCC(COC(=O)CCCCCCC/C=C\CCC)OC(=O)CCCCCCCCC/C=C\CCCCCCCCC. The Kier molecular flexibility index (Phi) is 53.9. The molecule has 1 atom stereocenters. The van der Waals surface area contributed by atoms with Crippen molar-refractivity contribution in [3.63, 3.8) is 0 Å². The average molecular weight is 960 g/mol. The molecule has 0 aliphatic heterocycles. The van der Waals surface area contributed by atoms with E-state index in [9.17, 15) is 14.4 Å². The Hall–Kier alpha value is -3.67. The predicted molar refractivity (Wildman–Crippen MR) is 297 cm³/mol. The Balaban J connectivity index is 4.37. The highest BCUT2D eigenvalue weighted by Crippen LogP contribution is 2.14.